The van der Waals surface area contributed by atoms with Gasteiger partial charge in [-0.2, -0.15) is 0 Å². The Morgan fingerprint density at radius 1 is 0.917 bits per heavy atom. The fourth-order valence-corrected chi connectivity index (χ4v) is 3.67. The van der Waals surface area contributed by atoms with Gasteiger partial charge in [-0.15, -0.1) is 74.7 Å². The van der Waals surface area contributed by atoms with Gasteiger partial charge in [-0.3, -0.25) is 5.56 Å². The van der Waals surface area contributed by atoms with Crippen molar-refractivity contribution in [3.05, 3.63) is 28.4 Å². The molecule has 0 aliphatic rings. The molecule has 0 bridgehead atoms. The van der Waals surface area contributed by atoms with Crippen molar-refractivity contribution in [1.82, 2.24) is 0 Å². The SMILES string of the molecule is Cc1c(I)[c-]c(I)[c-]c1I.[W].[W]. The van der Waals surface area contributed by atoms with E-state index in [4.69, 9.17) is 0 Å². The van der Waals surface area contributed by atoms with Crippen LogP contribution in [0.1, 0.15) is 5.56 Å². The van der Waals surface area contributed by atoms with E-state index < -0.39 is 0 Å². The van der Waals surface area contributed by atoms with Crippen LogP contribution in [-0.2, 0) is 42.1 Å². The van der Waals surface area contributed by atoms with Crippen LogP contribution in [0.25, 0.3) is 0 Å². The molecule has 0 spiro atoms. The number of rotatable bonds is 0. The van der Waals surface area contributed by atoms with Gasteiger partial charge in [0, 0.05) is 42.1 Å². The molecule has 1 aromatic rings. The van der Waals surface area contributed by atoms with Gasteiger partial charge in [0.1, 0.15) is 0 Å². The van der Waals surface area contributed by atoms with Crippen LogP contribution in [0.4, 0.5) is 0 Å². The summed E-state index contributed by atoms with van der Waals surface area (Å²) in [4.78, 5) is 0. The smallest absolute Gasteiger partial charge is 0 e. The molecule has 0 aromatic heterocycles. The molecule has 0 radical (unpaired) electrons. The summed E-state index contributed by atoms with van der Waals surface area (Å²) < 4.78 is 3.47. The second-order valence-electron chi connectivity index (χ2n) is 1.82. The van der Waals surface area contributed by atoms with Crippen molar-refractivity contribution < 1.29 is 42.1 Å². The summed E-state index contributed by atoms with van der Waals surface area (Å²) in [6.45, 7) is 2.09. The Morgan fingerprint density at radius 3 is 1.58 bits per heavy atom. The zero-order chi connectivity index (χ0) is 7.72. The molecule has 66 valence electrons. The van der Waals surface area contributed by atoms with Gasteiger partial charge in [0.15, 0.2) is 0 Å². The van der Waals surface area contributed by atoms with E-state index in [1.165, 1.54) is 12.7 Å². The van der Waals surface area contributed by atoms with Crippen molar-refractivity contribution in [2.45, 2.75) is 6.92 Å². The minimum Gasteiger partial charge on any atom is -0.331 e. The molecule has 0 amide bonds. The average Bonchev–Trinajstić information content (AvgIpc) is 1.82. The fourth-order valence-electron chi connectivity index (χ4n) is 0.508. The molecule has 5 heteroatoms. The van der Waals surface area contributed by atoms with E-state index in [1.54, 1.807) is 0 Å². The first-order valence-corrected chi connectivity index (χ1v) is 5.80. The monoisotopic (exact) mass is 836 g/mol. The Labute approximate surface area is 142 Å². The first kappa shape index (κ1) is 17.2. The van der Waals surface area contributed by atoms with Crippen molar-refractivity contribution >= 4 is 67.8 Å². The summed E-state index contributed by atoms with van der Waals surface area (Å²) in [5.74, 6) is 0. The molecule has 0 saturated carbocycles. The molecule has 0 saturated heterocycles. The number of hydrogen-bond acceptors (Lipinski definition) is 0. The van der Waals surface area contributed by atoms with Gasteiger partial charge in [0.05, 0.1) is 0 Å². The zero-order valence-electron chi connectivity index (χ0n) is 5.95. The van der Waals surface area contributed by atoms with E-state index in [-0.39, 0.29) is 42.1 Å². The van der Waals surface area contributed by atoms with E-state index in [1.807, 2.05) is 0 Å². The Bertz CT molecular complexity index is 240. The Balaban J connectivity index is 0. The van der Waals surface area contributed by atoms with E-state index in [9.17, 15) is 0 Å². The predicted octanol–water partition coefficient (Wildman–Crippen LogP) is 3.40. The number of hydrogen-bond donors (Lipinski definition) is 0. The van der Waals surface area contributed by atoms with Crippen LogP contribution in [0.5, 0.6) is 0 Å². The van der Waals surface area contributed by atoms with Gasteiger partial charge in [-0.25, -0.2) is 10.7 Å². The van der Waals surface area contributed by atoms with Gasteiger partial charge in [0.25, 0.3) is 0 Å². The maximum absolute atomic E-state index is 3.19. The summed E-state index contributed by atoms with van der Waals surface area (Å²) in [5, 5.41) is 0. The second-order valence-corrected chi connectivity index (χ2v) is 5.05. The molecule has 0 unspecified atom stereocenters. The summed E-state index contributed by atoms with van der Waals surface area (Å²) in [6, 6.07) is 6.38. The van der Waals surface area contributed by atoms with E-state index in [2.05, 4.69) is 86.8 Å². The minimum absolute atomic E-state index is 0. The molecule has 1 rings (SSSR count). The van der Waals surface area contributed by atoms with Gasteiger partial charge >= 0.3 is 0 Å². The topological polar surface area (TPSA) is 0 Å². The summed E-state index contributed by atoms with van der Waals surface area (Å²) >= 11 is 6.81. The zero-order valence-corrected chi connectivity index (χ0v) is 18.3. The van der Waals surface area contributed by atoms with Crippen molar-refractivity contribution in [2.24, 2.45) is 0 Å². The minimum atomic E-state index is 0. The quantitative estimate of drug-likeness (QED) is 0.278. The van der Waals surface area contributed by atoms with E-state index >= 15 is 0 Å². The van der Waals surface area contributed by atoms with Crippen LogP contribution < -0.4 is 0 Å². The fraction of sp³-hybridized carbons (Fsp3) is 0.143. The van der Waals surface area contributed by atoms with E-state index in [0.29, 0.717) is 0 Å². The molecule has 0 N–H and O–H groups in total. The van der Waals surface area contributed by atoms with Gasteiger partial charge in [0.2, 0.25) is 0 Å². The van der Waals surface area contributed by atoms with Crippen molar-refractivity contribution in [3.63, 3.8) is 0 Å². The molecular formula is C7H3I3W2-2. The number of benzene rings is 1. The second kappa shape index (κ2) is 8.00. The molecule has 0 heterocycles. The summed E-state index contributed by atoms with van der Waals surface area (Å²) in [7, 11) is 0. The third-order valence-electron chi connectivity index (χ3n) is 1.10. The van der Waals surface area contributed by atoms with Crippen LogP contribution >= 0.6 is 67.8 Å². The third-order valence-corrected chi connectivity index (χ3v) is 3.79. The van der Waals surface area contributed by atoms with Gasteiger partial charge in [-0.05, 0) is 0 Å². The third kappa shape index (κ3) is 5.03. The first-order chi connectivity index (χ1) is 4.61. The number of halogens is 3. The summed E-state index contributed by atoms with van der Waals surface area (Å²) in [6.07, 6.45) is 0. The van der Waals surface area contributed by atoms with Crippen LogP contribution in [0.15, 0.2) is 0 Å². The molecule has 0 aliphatic carbocycles. The Hall–Kier alpha value is 2.79. The predicted molar refractivity (Wildman–Crippen MR) is 67.0 cm³/mol. The summed E-state index contributed by atoms with van der Waals surface area (Å²) in [5.41, 5.74) is 1.28. The van der Waals surface area contributed by atoms with Crippen molar-refractivity contribution in [2.75, 3.05) is 0 Å². The standard InChI is InChI=1S/C7H3I3.2W/c1-4-6(9)2-5(8)3-7(4)10;;/h1H3;;/q-2;;. The van der Waals surface area contributed by atoms with E-state index in [0.717, 1.165) is 3.57 Å². The molecular weight excluding hydrogens is 832 g/mol. The average molecular weight is 835 g/mol. The van der Waals surface area contributed by atoms with Crippen LogP contribution in [0.2, 0.25) is 0 Å². The molecule has 0 nitrogen and oxygen atoms in total. The van der Waals surface area contributed by atoms with Crippen molar-refractivity contribution in [1.29, 1.82) is 0 Å². The van der Waals surface area contributed by atoms with Gasteiger partial charge in [-0.1, -0.05) is 0 Å². The molecule has 1 aromatic carbocycles. The van der Waals surface area contributed by atoms with Crippen molar-refractivity contribution in [3.8, 4) is 0 Å². The van der Waals surface area contributed by atoms with Gasteiger partial charge < -0.3 is 12.1 Å². The Kier molecular flexibility index (Phi) is 11.5. The van der Waals surface area contributed by atoms with Crippen LogP contribution in [-0.4, -0.2) is 0 Å². The van der Waals surface area contributed by atoms with Crippen LogP contribution in [0, 0.1) is 29.8 Å². The normalized spacial score (nSPS) is 8.33. The Morgan fingerprint density at radius 2 is 1.25 bits per heavy atom. The molecule has 0 atom stereocenters. The maximum atomic E-state index is 3.19. The molecule has 0 aliphatic heterocycles. The largest absolute Gasteiger partial charge is 0.331 e. The first-order valence-electron chi connectivity index (χ1n) is 2.57. The molecule has 0 fully saturated rings. The maximum Gasteiger partial charge on any atom is 0 e. The molecule has 12 heavy (non-hydrogen) atoms. The van der Waals surface area contributed by atoms with Crippen LogP contribution in [0.3, 0.4) is 0 Å².